The highest BCUT2D eigenvalue weighted by Crippen LogP contribution is 2.26. The Morgan fingerprint density at radius 3 is 2.65 bits per heavy atom. The Kier molecular flexibility index (Phi) is 11.3. The van der Waals surface area contributed by atoms with Gasteiger partial charge < -0.3 is 39.2 Å². The fraction of sp³-hybridized carbons (Fsp3) is 0.500. The highest BCUT2D eigenvalue weighted by atomic mass is 32.2. The number of aromatic nitrogens is 3. The fourth-order valence-electron chi connectivity index (χ4n) is 5.26. The largest absolute Gasteiger partial charge is 0.388 e. The van der Waals surface area contributed by atoms with Crippen LogP contribution in [0.5, 0.6) is 0 Å². The topological polar surface area (TPSA) is 202 Å². The van der Waals surface area contributed by atoms with Crippen LogP contribution in [-0.4, -0.2) is 116 Å². The Hall–Kier alpha value is -3.50. The number of hydrogen-bond donors (Lipinski definition) is 4. The van der Waals surface area contributed by atoms with Gasteiger partial charge in [0.1, 0.15) is 36.2 Å². The summed E-state index contributed by atoms with van der Waals surface area (Å²) in [5.41, 5.74) is 2.19. The molecule has 0 aliphatic carbocycles. The van der Waals surface area contributed by atoms with Crippen molar-refractivity contribution in [2.75, 3.05) is 51.5 Å². The van der Waals surface area contributed by atoms with Crippen LogP contribution in [0.2, 0.25) is 0 Å². The first-order valence-corrected chi connectivity index (χ1v) is 16.3. The van der Waals surface area contributed by atoms with Crippen molar-refractivity contribution in [2.45, 2.75) is 50.3 Å². The Morgan fingerprint density at radius 2 is 1.89 bits per heavy atom. The number of sulfonamides is 1. The third-order valence-electron chi connectivity index (χ3n) is 7.78. The smallest absolute Gasteiger partial charge is 0.250 e. The molecule has 2 saturated heterocycles. The summed E-state index contributed by atoms with van der Waals surface area (Å²) >= 11 is 0. The number of aliphatic hydroxyl groups excluding tert-OH is 3. The molecule has 16 heteroatoms. The number of nitrogens with zero attached hydrogens (tertiary/aromatic N) is 5. The van der Waals surface area contributed by atoms with Crippen LogP contribution >= 0.6 is 0 Å². The summed E-state index contributed by atoms with van der Waals surface area (Å²) in [4.78, 5) is 1.87. The molecule has 0 unspecified atom stereocenters. The van der Waals surface area contributed by atoms with Crippen molar-refractivity contribution < 1.29 is 42.7 Å². The van der Waals surface area contributed by atoms with Gasteiger partial charge >= 0.3 is 0 Å². The molecule has 0 radical (unpaired) electrons. The SMILES string of the molecule is CO[C@H]1O[C@H](Cn2cc(COCCCNS(=O)(=O)/C(C#N)=C/c3ccc4cc(N5CCOCC5)ccc4c3)nn2)[C@@H](O)[C@H](O)[C@H]1O. The zero-order valence-electron chi connectivity index (χ0n) is 25.3. The van der Waals surface area contributed by atoms with Crippen molar-refractivity contribution >= 4 is 32.6 Å². The molecule has 2 aliphatic rings. The monoisotopic (exact) mass is 658 g/mol. The number of nitriles is 1. The second kappa shape index (κ2) is 15.4. The third-order valence-corrected chi connectivity index (χ3v) is 9.16. The van der Waals surface area contributed by atoms with Gasteiger partial charge in [-0.25, -0.2) is 17.8 Å². The molecule has 0 spiro atoms. The normalized spacial score (nSPS) is 24.3. The lowest BCUT2D eigenvalue weighted by Crippen LogP contribution is -2.58. The molecule has 5 rings (SSSR count). The minimum absolute atomic E-state index is 0.0450. The van der Waals surface area contributed by atoms with Gasteiger partial charge in [-0.3, -0.25) is 0 Å². The van der Waals surface area contributed by atoms with Gasteiger partial charge in [0.25, 0.3) is 10.0 Å². The second-order valence-electron chi connectivity index (χ2n) is 11.0. The summed E-state index contributed by atoms with van der Waals surface area (Å²) in [6.07, 6.45) is -2.90. The van der Waals surface area contributed by atoms with E-state index >= 15 is 0 Å². The molecule has 0 amide bonds. The van der Waals surface area contributed by atoms with Gasteiger partial charge in [0.2, 0.25) is 0 Å². The molecule has 3 aromatic rings. The summed E-state index contributed by atoms with van der Waals surface area (Å²) < 4.78 is 51.0. The van der Waals surface area contributed by atoms with Crippen LogP contribution in [0.1, 0.15) is 17.7 Å². The average molecular weight is 659 g/mol. The van der Waals surface area contributed by atoms with E-state index in [9.17, 15) is 29.0 Å². The first kappa shape index (κ1) is 33.9. The summed E-state index contributed by atoms with van der Waals surface area (Å²) in [7, 11) is -2.72. The van der Waals surface area contributed by atoms with Crippen molar-refractivity contribution in [1.29, 1.82) is 5.26 Å². The molecule has 1 aromatic heterocycles. The maximum atomic E-state index is 12.8. The maximum absolute atomic E-state index is 12.8. The number of fused-ring (bicyclic) bond motifs is 1. The van der Waals surface area contributed by atoms with Crippen LogP contribution in [-0.2, 0) is 42.1 Å². The Morgan fingerprint density at radius 1 is 1.13 bits per heavy atom. The first-order valence-electron chi connectivity index (χ1n) is 14.9. The predicted molar refractivity (Wildman–Crippen MR) is 165 cm³/mol. The van der Waals surface area contributed by atoms with Crippen LogP contribution < -0.4 is 9.62 Å². The number of morpholine rings is 1. The van der Waals surface area contributed by atoms with E-state index in [1.165, 1.54) is 17.9 Å². The Balaban J connectivity index is 1.07. The van der Waals surface area contributed by atoms with Gasteiger partial charge in [-0.1, -0.05) is 23.4 Å². The zero-order valence-corrected chi connectivity index (χ0v) is 26.1. The van der Waals surface area contributed by atoms with Gasteiger partial charge in [0, 0.05) is 39.0 Å². The molecule has 4 N–H and O–H groups in total. The van der Waals surface area contributed by atoms with E-state index in [1.807, 2.05) is 24.3 Å². The average Bonchev–Trinajstić information content (AvgIpc) is 3.52. The number of rotatable bonds is 13. The van der Waals surface area contributed by atoms with E-state index in [-0.39, 0.29) is 31.2 Å². The maximum Gasteiger partial charge on any atom is 0.250 e. The summed E-state index contributed by atoms with van der Waals surface area (Å²) in [5.74, 6) is 0. The number of anilines is 1. The lowest BCUT2D eigenvalue weighted by molar-refractivity contribution is -0.292. The van der Waals surface area contributed by atoms with Crippen molar-refractivity contribution in [2.24, 2.45) is 0 Å². The van der Waals surface area contributed by atoms with Gasteiger partial charge in [-0.05, 0) is 47.0 Å². The Labute approximate surface area is 266 Å². The molecule has 46 heavy (non-hydrogen) atoms. The third kappa shape index (κ3) is 8.25. The summed E-state index contributed by atoms with van der Waals surface area (Å²) in [6.45, 7) is 3.46. The van der Waals surface area contributed by atoms with Gasteiger partial charge in [0.05, 0.1) is 32.6 Å². The molecule has 5 atom stereocenters. The van der Waals surface area contributed by atoms with E-state index in [2.05, 4.69) is 26.0 Å². The minimum atomic E-state index is -4.04. The van der Waals surface area contributed by atoms with Gasteiger partial charge in [-0.2, -0.15) is 5.26 Å². The fourth-order valence-corrected chi connectivity index (χ4v) is 6.24. The molecule has 0 bridgehead atoms. The molecule has 15 nitrogen and oxygen atoms in total. The number of allylic oxidation sites excluding steroid dienone is 1. The highest BCUT2D eigenvalue weighted by Gasteiger charge is 2.44. The van der Waals surface area contributed by atoms with Crippen molar-refractivity contribution in [3.05, 3.63) is 58.8 Å². The number of benzene rings is 2. The van der Waals surface area contributed by atoms with Crippen LogP contribution in [0.3, 0.4) is 0 Å². The lowest BCUT2D eigenvalue weighted by Gasteiger charge is -2.39. The number of methoxy groups -OCH3 is 1. The molecular weight excluding hydrogens is 620 g/mol. The molecule has 3 heterocycles. The molecule has 2 fully saturated rings. The first-order chi connectivity index (χ1) is 22.2. The number of aliphatic hydroxyl groups is 3. The molecule has 2 aromatic carbocycles. The minimum Gasteiger partial charge on any atom is -0.388 e. The van der Waals surface area contributed by atoms with Crippen LogP contribution in [0.15, 0.2) is 47.5 Å². The van der Waals surface area contributed by atoms with Gasteiger partial charge in [0.15, 0.2) is 11.2 Å². The van der Waals surface area contributed by atoms with Crippen LogP contribution in [0, 0.1) is 11.3 Å². The second-order valence-corrected chi connectivity index (χ2v) is 12.7. The number of nitrogens with one attached hydrogen (secondary N) is 1. The lowest BCUT2D eigenvalue weighted by atomic mass is 9.99. The van der Waals surface area contributed by atoms with E-state index in [0.29, 0.717) is 30.9 Å². The number of ether oxygens (including phenoxy) is 4. The molecule has 0 saturated carbocycles. The van der Waals surface area contributed by atoms with E-state index in [0.717, 1.165) is 29.5 Å². The predicted octanol–water partition coefficient (Wildman–Crippen LogP) is 0.113. The van der Waals surface area contributed by atoms with Crippen LogP contribution in [0.4, 0.5) is 5.69 Å². The van der Waals surface area contributed by atoms with Crippen molar-refractivity contribution in [1.82, 2.24) is 19.7 Å². The molecular formula is C30H38N6O9S. The number of hydrogen-bond acceptors (Lipinski definition) is 13. The van der Waals surface area contributed by atoms with Crippen molar-refractivity contribution in [3.8, 4) is 6.07 Å². The van der Waals surface area contributed by atoms with E-state index in [1.54, 1.807) is 18.3 Å². The van der Waals surface area contributed by atoms with Gasteiger partial charge in [-0.15, -0.1) is 5.10 Å². The summed E-state index contributed by atoms with van der Waals surface area (Å²) in [5, 5.41) is 49.7. The zero-order chi connectivity index (χ0) is 32.7. The van der Waals surface area contributed by atoms with Crippen molar-refractivity contribution in [3.63, 3.8) is 0 Å². The molecule has 248 valence electrons. The quantitative estimate of drug-likeness (QED) is 0.143. The molecule has 2 aliphatic heterocycles. The highest BCUT2D eigenvalue weighted by molar-refractivity contribution is 7.93. The summed E-state index contributed by atoms with van der Waals surface area (Å²) in [6, 6.07) is 13.5. The standard InChI is InChI=1S/C30H38N6O9S/c1-42-30-29(39)28(38)27(37)26(45-30)18-36-17-23(33-34-36)19-44-10-2-7-32-46(40,41)25(16-31)14-20-3-4-22-15-24(6-5-21(22)13-20)35-8-11-43-12-9-35/h3-6,13-15,17,26-30,32,37-39H,2,7-12,18-19H2,1H3/b25-14+/t26-,27-,28+,29-,30+/m1/s1. The van der Waals surface area contributed by atoms with E-state index < -0.39 is 40.7 Å². The van der Waals surface area contributed by atoms with E-state index in [4.69, 9.17) is 18.9 Å². The van der Waals surface area contributed by atoms with Crippen LogP contribution in [0.25, 0.3) is 16.8 Å². The Bertz CT molecular complexity index is 1650.